The molecule has 3 nitrogen and oxygen atoms in total. The van der Waals surface area contributed by atoms with Gasteiger partial charge >= 0.3 is 0 Å². The van der Waals surface area contributed by atoms with E-state index in [0.29, 0.717) is 26.7 Å². The lowest BCUT2D eigenvalue weighted by Gasteiger charge is -2.18. The van der Waals surface area contributed by atoms with Crippen LogP contribution in [0.4, 0.5) is 5.69 Å². The van der Waals surface area contributed by atoms with Gasteiger partial charge in [-0.1, -0.05) is 90.5 Å². The first-order chi connectivity index (χ1) is 17.0. The minimum Gasteiger partial charge on any atom is -0.399 e. The second-order valence-corrected chi connectivity index (χ2v) is 9.30. The van der Waals surface area contributed by atoms with Crippen molar-refractivity contribution in [1.29, 1.82) is 0 Å². The fourth-order valence-electron chi connectivity index (χ4n) is 4.80. The van der Waals surface area contributed by atoms with E-state index in [2.05, 4.69) is 4.57 Å². The van der Waals surface area contributed by atoms with Gasteiger partial charge in [0.15, 0.2) is 5.78 Å². The second kappa shape index (κ2) is 8.35. The lowest BCUT2D eigenvalue weighted by molar-refractivity contribution is 0.103. The number of nitrogens with zero attached hydrogens (tertiary/aromatic N) is 1. The van der Waals surface area contributed by atoms with Gasteiger partial charge in [-0.25, -0.2) is 0 Å². The zero-order chi connectivity index (χ0) is 24.1. The number of hydrogen-bond donors (Lipinski definition) is 1. The zero-order valence-corrected chi connectivity index (χ0v) is 20.1. The van der Waals surface area contributed by atoms with Gasteiger partial charge in [0, 0.05) is 33.1 Å². The van der Waals surface area contributed by atoms with Gasteiger partial charge in [0.2, 0.25) is 0 Å². The topological polar surface area (TPSA) is 48.0 Å². The molecule has 0 amide bonds. The van der Waals surface area contributed by atoms with E-state index >= 15 is 0 Å². The molecule has 1 aliphatic carbocycles. The van der Waals surface area contributed by atoms with Crippen molar-refractivity contribution in [1.82, 2.24) is 4.57 Å². The van der Waals surface area contributed by atoms with Crippen molar-refractivity contribution in [3.63, 3.8) is 0 Å². The van der Waals surface area contributed by atoms with Gasteiger partial charge in [0.05, 0.1) is 21.8 Å². The average molecular weight is 491 g/mol. The smallest absolute Gasteiger partial charge is 0.196 e. The number of ketones is 1. The van der Waals surface area contributed by atoms with Gasteiger partial charge in [0.1, 0.15) is 0 Å². The molecule has 6 rings (SSSR count). The van der Waals surface area contributed by atoms with Gasteiger partial charge in [0.25, 0.3) is 0 Å². The first-order valence-electron chi connectivity index (χ1n) is 11.2. The predicted octanol–water partition coefficient (Wildman–Crippen LogP) is 7.36. The highest BCUT2D eigenvalue weighted by Crippen LogP contribution is 2.45. The molecule has 0 radical (unpaired) electrons. The number of hydrogen-bond acceptors (Lipinski definition) is 3. The third-order valence-corrected chi connectivity index (χ3v) is 7.03. The number of anilines is 1. The number of halogens is 1. The minimum absolute atomic E-state index is 0.0348. The van der Waals surface area contributed by atoms with Gasteiger partial charge < -0.3 is 10.3 Å². The van der Waals surface area contributed by atoms with Crippen LogP contribution >= 0.6 is 23.8 Å². The van der Waals surface area contributed by atoms with E-state index in [-0.39, 0.29) is 5.78 Å². The summed E-state index contributed by atoms with van der Waals surface area (Å²) in [5.41, 5.74) is 13.9. The highest BCUT2D eigenvalue weighted by Gasteiger charge is 2.37. The van der Waals surface area contributed by atoms with E-state index in [1.807, 2.05) is 103 Å². The Labute approximate surface area is 213 Å². The number of thiocarbonyl (C=S) groups is 1. The number of aromatic nitrogens is 1. The maximum atomic E-state index is 14.1. The lowest BCUT2D eigenvalue weighted by atomic mass is 9.83. The molecule has 0 saturated carbocycles. The number of carbonyl (C=O) groups is 1. The van der Waals surface area contributed by atoms with Crippen LogP contribution in [0.3, 0.4) is 0 Å². The standard InChI is InChI=1S/C30H19ClN2OS/c31-20-12-10-19(11-13-20)28-26-25(29(34)23-8-4-5-9-24(23)30(26)35)27(18-6-2-1-3-7-18)33(28)22-16-14-21(32)15-17-22/h1-17H,32H2. The molecular formula is C30H19ClN2OS. The largest absolute Gasteiger partial charge is 0.399 e. The van der Waals surface area contributed by atoms with Crippen LogP contribution in [-0.4, -0.2) is 15.2 Å². The highest BCUT2D eigenvalue weighted by molar-refractivity contribution is 7.81. The number of nitrogen functional groups attached to an aromatic ring is 1. The van der Waals surface area contributed by atoms with Gasteiger partial charge in [-0.15, -0.1) is 0 Å². The Bertz CT molecular complexity index is 1620. The summed E-state index contributed by atoms with van der Waals surface area (Å²) in [5, 5.41) is 0.639. The van der Waals surface area contributed by atoms with Crippen LogP contribution in [-0.2, 0) is 0 Å². The highest BCUT2D eigenvalue weighted by atomic mass is 35.5. The monoisotopic (exact) mass is 490 g/mol. The van der Waals surface area contributed by atoms with Crippen LogP contribution in [0.15, 0.2) is 103 Å². The fraction of sp³-hybridized carbons (Fsp3) is 0. The van der Waals surface area contributed by atoms with Crippen molar-refractivity contribution in [2.24, 2.45) is 0 Å². The molecule has 168 valence electrons. The zero-order valence-electron chi connectivity index (χ0n) is 18.5. The Hall–Kier alpha value is -3.99. The third kappa shape index (κ3) is 3.42. The average Bonchev–Trinajstić information content (AvgIpc) is 3.25. The Balaban J connectivity index is 1.80. The first-order valence-corrected chi connectivity index (χ1v) is 12.0. The van der Waals surface area contributed by atoms with E-state index in [1.165, 1.54) is 0 Å². The van der Waals surface area contributed by atoms with Gasteiger partial charge in [-0.2, -0.15) is 0 Å². The predicted molar refractivity (Wildman–Crippen MR) is 147 cm³/mol. The molecule has 0 bridgehead atoms. The number of rotatable bonds is 3. The molecule has 0 saturated heterocycles. The second-order valence-electron chi connectivity index (χ2n) is 8.45. The summed E-state index contributed by atoms with van der Waals surface area (Å²) in [4.78, 5) is 14.7. The maximum absolute atomic E-state index is 14.1. The van der Waals surface area contributed by atoms with E-state index in [9.17, 15) is 4.79 Å². The number of fused-ring (bicyclic) bond motifs is 2. The maximum Gasteiger partial charge on any atom is 0.196 e. The van der Waals surface area contributed by atoms with Crippen LogP contribution in [0.5, 0.6) is 0 Å². The van der Waals surface area contributed by atoms with Crippen LogP contribution in [0, 0.1) is 0 Å². The molecule has 0 spiro atoms. The van der Waals surface area contributed by atoms with Crippen LogP contribution < -0.4 is 5.73 Å². The molecule has 1 aliphatic rings. The molecule has 0 atom stereocenters. The Morgan fingerprint density at radius 1 is 0.657 bits per heavy atom. The van der Waals surface area contributed by atoms with Crippen LogP contribution in [0.2, 0.25) is 5.02 Å². The number of carbonyl (C=O) groups excluding carboxylic acids is 1. The molecular weight excluding hydrogens is 472 g/mol. The summed E-state index contributed by atoms with van der Waals surface area (Å²) in [6.45, 7) is 0. The quantitative estimate of drug-likeness (QED) is 0.208. The minimum atomic E-state index is -0.0348. The van der Waals surface area contributed by atoms with E-state index in [1.54, 1.807) is 0 Å². The number of benzene rings is 4. The summed E-state index contributed by atoms with van der Waals surface area (Å²) in [6.07, 6.45) is 0. The van der Waals surface area contributed by atoms with Crippen molar-refractivity contribution < 1.29 is 4.79 Å². The Morgan fingerprint density at radius 3 is 1.91 bits per heavy atom. The molecule has 5 aromatic rings. The Kier molecular flexibility index (Phi) is 5.14. The molecule has 0 unspecified atom stereocenters. The van der Waals surface area contributed by atoms with Gasteiger partial charge in [-0.3, -0.25) is 4.79 Å². The molecule has 1 heterocycles. The van der Waals surface area contributed by atoms with Crippen molar-refractivity contribution in [3.8, 4) is 28.2 Å². The van der Waals surface area contributed by atoms with Crippen LogP contribution in [0.1, 0.15) is 27.0 Å². The summed E-state index contributed by atoms with van der Waals surface area (Å²) < 4.78 is 2.12. The summed E-state index contributed by atoms with van der Waals surface area (Å²) in [5.74, 6) is -0.0348. The molecule has 0 aliphatic heterocycles. The van der Waals surface area contributed by atoms with Crippen molar-refractivity contribution >= 4 is 40.2 Å². The summed E-state index contributed by atoms with van der Waals surface area (Å²) in [7, 11) is 0. The lowest BCUT2D eigenvalue weighted by Crippen LogP contribution is -2.19. The SMILES string of the molecule is Nc1ccc(-n2c(-c3ccccc3)c3c(c2-c2ccc(Cl)cc2)C(=S)c2ccccc2C3=O)cc1. The molecule has 1 aromatic heterocycles. The van der Waals surface area contributed by atoms with E-state index in [4.69, 9.17) is 29.6 Å². The Morgan fingerprint density at radius 2 is 1.23 bits per heavy atom. The van der Waals surface area contributed by atoms with Crippen molar-refractivity contribution in [3.05, 3.63) is 130 Å². The molecule has 5 heteroatoms. The van der Waals surface area contributed by atoms with Crippen molar-refractivity contribution in [2.45, 2.75) is 0 Å². The van der Waals surface area contributed by atoms with E-state index < -0.39 is 0 Å². The van der Waals surface area contributed by atoms with Crippen LogP contribution in [0.25, 0.3) is 28.2 Å². The number of nitrogens with two attached hydrogens (primary N) is 1. The summed E-state index contributed by atoms with van der Waals surface area (Å²) >= 11 is 12.3. The third-order valence-electron chi connectivity index (χ3n) is 6.36. The molecule has 0 fully saturated rings. The normalized spacial score (nSPS) is 12.4. The fourth-order valence-corrected chi connectivity index (χ4v) is 5.30. The first kappa shape index (κ1) is 21.5. The van der Waals surface area contributed by atoms with Crippen molar-refractivity contribution in [2.75, 3.05) is 5.73 Å². The van der Waals surface area contributed by atoms with E-state index in [0.717, 1.165) is 39.3 Å². The molecule has 2 N–H and O–H groups in total. The summed E-state index contributed by atoms with van der Waals surface area (Å²) in [6, 6.07) is 32.8. The molecule has 4 aromatic carbocycles. The molecule has 35 heavy (non-hydrogen) atoms. The van der Waals surface area contributed by atoms with Gasteiger partial charge in [-0.05, 0) is 47.5 Å².